The van der Waals surface area contributed by atoms with Crippen LogP contribution in [-0.4, -0.2) is 20.6 Å². The quantitative estimate of drug-likeness (QED) is 0.800. The van der Waals surface area contributed by atoms with E-state index in [1.165, 1.54) is 0 Å². The molecule has 78 valence electrons. The van der Waals surface area contributed by atoms with Gasteiger partial charge in [0.2, 0.25) is 0 Å². The summed E-state index contributed by atoms with van der Waals surface area (Å²) >= 11 is 0. The second-order valence-corrected chi connectivity index (χ2v) is 3.47. The number of carboxylic acid groups (broad SMARTS) is 1. The normalized spacial score (nSPS) is 12.8. The van der Waals surface area contributed by atoms with Crippen LogP contribution in [-0.2, 0) is 4.79 Å². The first-order valence-corrected chi connectivity index (χ1v) is 4.80. The van der Waals surface area contributed by atoms with E-state index in [0.717, 1.165) is 17.8 Å². The highest BCUT2D eigenvalue weighted by Gasteiger charge is 2.20. The molecule has 4 nitrogen and oxygen atoms in total. The molecule has 1 heterocycles. The van der Waals surface area contributed by atoms with Gasteiger partial charge >= 0.3 is 5.97 Å². The summed E-state index contributed by atoms with van der Waals surface area (Å²) in [6.45, 7) is 5.76. The number of imidazole rings is 1. The number of carboxylic acids is 1. The van der Waals surface area contributed by atoms with Gasteiger partial charge in [-0.3, -0.25) is 0 Å². The zero-order valence-electron chi connectivity index (χ0n) is 8.82. The minimum absolute atomic E-state index is 0.471. The van der Waals surface area contributed by atoms with Crippen LogP contribution in [0.4, 0.5) is 0 Å². The molecule has 0 aliphatic carbocycles. The lowest BCUT2D eigenvalue weighted by Crippen LogP contribution is -2.19. The summed E-state index contributed by atoms with van der Waals surface area (Å²) in [5.74, 6) is -0.785. The fraction of sp³-hybridized carbons (Fsp3) is 0.600. The first kappa shape index (κ1) is 10.8. The molecule has 4 heteroatoms. The summed E-state index contributed by atoms with van der Waals surface area (Å²) in [6.07, 6.45) is 3.11. The Kier molecular flexibility index (Phi) is 3.28. The maximum atomic E-state index is 11.0. The molecule has 1 rings (SSSR count). The number of hydrogen-bond acceptors (Lipinski definition) is 2. The molecule has 14 heavy (non-hydrogen) atoms. The second-order valence-electron chi connectivity index (χ2n) is 3.47. The minimum atomic E-state index is -0.785. The Morgan fingerprint density at radius 3 is 2.64 bits per heavy atom. The van der Waals surface area contributed by atoms with Crippen LogP contribution in [0.3, 0.4) is 0 Å². The van der Waals surface area contributed by atoms with Crippen LogP contribution >= 0.6 is 0 Å². The van der Waals surface area contributed by atoms with Crippen LogP contribution < -0.4 is 0 Å². The van der Waals surface area contributed by atoms with Crippen LogP contribution in [0, 0.1) is 13.8 Å². The number of nitrogens with zero attached hydrogens (tertiary/aromatic N) is 2. The van der Waals surface area contributed by atoms with E-state index in [1.54, 1.807) is 10.9 Å². The fourth-order valence-corrected chi connectivity index (χ4v) is 1.48. The van der Waals surface area contributed by atoms with Crippen molar-refractivity contribution in [2.75, 3.05) is 0 Å². The van der Waals surface area contributed by atoms with Crippen LogP contribution in [0.15, 0.2) is 6.33 Å². The number of rotatable bonds is 4. The van der Waals surface area contributed by atoms with Gasteiger partial charge in [0.1, 0.15) is 6.04 Å². The van der Waals surface area contributed by atoms with Crippen molar-refractivity contribution >= 4 is 5.97 Å². The molecule has 1 atom stereocenters. The second kappa shape index (κ2) is 4.26. The summed E-state index contributed by atoms with van der Waals surface area (Å²) in [5.41, 5.74) is 1.83. The lowest BCUT2D eigenvalue weighted by molar-refractivity contribution is -0.141. The molecule has 0 amide bonds. The van der Waals surface area contributed by atoms with E-state index in [-0.39, 0.29) is 0 Å². The van der Waals surface area contributed by atoms with Gasteiger partial charge in [0, 0.05) is 5.69 Å². The van der Waals surface area contributed by atoms with Gasteiger partial charge in [0.05, 0.1) is 12.0 Å². The molecule has 0 aromatic carbocycles. The standard InChI is InChI=1S/C10H16N2O2/c1-4-5-9(10(13)14)12-6-11-7(2)8(12)3/h6,9H,4-5H2,1-3H3,(H,13,14). The summed E-state index contributed by atoms with van der Waals surface area (Å²) in [4.78, 5) is 15.1. The summed E-state index contributed by atoms with van der Waals surface area (Å²) in [5, 5.41) is 9.04. The molecule has 0 bridgehead atoms. The maximum absolute atomic E-state index is 11.0. The molecule has 0 saturated heterocycles. The largest absolute Gasteiger partial charge is 0.480 e. The zero-order chi connectivity index (χ0) is 10.7. The predicted molar refractivity (Wildman–Crippen MR) is 53.3 cm³/mol. The number of carbonyl (C=O) groups is 1. The topological polar surface area (TPSA) is 55.1 Å². The molecule has 1 unspecified atom stereocenters. The molecule has 0 radical (unpaired) electrons. The molecular formula is C10H16N2O2. The van der Waals surface area contributed by atoms with E-state index in [1.807, 2.05) is 20.8 Å². The van der Waals surface area contributed by atoms with E-state index >= 15 is 0 Å². The minimum Gasteiger partial charge on any atom is -0.480 e. The van der Waals surface area contributed by atoms with Crippen molar-refractivity contribution in [3.8, 4) is 0 Å². The molecule has 1 aromatic rings. The fourth-order valence-electron chi connectivity index (χ4n) is 1.48. The monoisotopic (exact) mass is 196 g/mol. The first-order chi connectivity index (χ1) is 6.57. The van der Waals surface area contributed by atoms with Gasteiger partial charge in [-0.15, -0.1) is 0 Å². The van der Waals surface area contributed by atoms with Gasteiger partial charge in [0.15, 0.2) is 0 Å². The number of hydrogen-bond donors (Lipinski definition) is 1. The van der Waals surface area contributed by atoms with Crippen molar-refractivity contribution in [3.63, 3.8) is 0 Å². The molecule has 1 N–H and O–H groups in total. The third kappa shape index (κ3) is 1.95. The highest BCUT2D eigenvalue weighted by atomic mass is 16.4. The van der Waals surface area contributed by atoms with Gasteiger partial charge in [0.25, 0.3) is 0 Å². The Hall–Kier alpha value is -1.32. The van der Waals surface area contributed by atoms with Gasteiger partial charge in [-0.05, 0) is 20.3 Å². The SMILES string of the molecule is CCCC(C(=O)O)n1cnc(C)c1C. The molecular weight excluding hydrogens is 180 g/mol. The van der Waals surface area contributed by atoms with Crippen molar-refractivity contribution in [1.82, 2.24) is 9.55 Å². The molecule has 0 aliphatic rings. The summed E-state index contributed by atoms with van der Waals surface area (Å²) in [7, 11) is 0. The summed E-state index contributed by atoms with van der Waals surface area (Å²) < 4.78 is 1.74. The zero-order valence-corrected chi connectivity index (χ0v) is 8.82. The van der Waals surface area contributed by atoms with E-state index in [2.05, 4.69) is 4.98 Å². The van der Waals surface area contributed by atoms with E-state index in [4.69, 9.17) is 5.11 Å². The van der Waals surface area contributed by atoms with Crippen molar-refractivity contribution in [2.24, 2.45) is 0 Å². The van der Waals surface area contributed by atoms with Crippen molar-refractivity contribution in [3.05, 3.63) is 17.7 Å². The Morgan fingerprint density at radius 2 is 2.29 bits per heavy atom. The maximum Gasteiger partial charge on any atom is 0.326 e. The third-order valence-corrected chi connectivity index (χ3v) is 2.47. The summed E-state index contributed by atoms with van der Waals surface area (Å²) in [6, 6.07) is -0.471. The van der Waals surface area contributed by atoms with Crippen LogP contribution in [0.2, 0.25) is 0 Å². The van der Waals surface area contributed by atoms with E-state index in [0.29, 0.717) is 6.42 Å². The van der Waals surface area contributed by atoms with Crippen molar-refractivity contribution < 1.29 is 9.90 Å². The Bertz CT molecular complexity index is 331. The third-order valence-electron chi connectivity index (χ3n) is 2.47. The molecule has 1 aromatic heterocycles. The highest BCUT2D eigenvalue weighted by Crippen LogP contribution is 2.18. The van der Waals surface area contributed by atoms with Crippen LogP contribution in [0.1, 0.15) is 37.2 Å². The Morgan fingerprint density at radius 1 is 1.64 bits per heavy atom. The average Bonchev–Trinajstić information content (AvgIpc) is 2.44. The average molecular weight is 196 g/mol. The number of aromatic nitrogens is 2. The highest BCUT2D eigenvalue weighted by molar-refractivity contribution is 5.72. The molecule has 0 spiro atoms. The Labute approximate surface area is 83.6 Å². The van der Waals surface area contributed by atoms with Crippen molar-refractivity contribution in [1.29, 1.82) is 0 Å². The molecule has 0 aliphatic heterocycles. The smallest absolute Gasteiger partial charge is 0.326 e. The van der Waals surface area contributed by atoms with Crippen LogP contribution in [0.5, 0.6) is 0 Å². The number of aryl methyl sites for hydroxylation is 1. The van der Waals surface area contributed by atoms with E-state index in [9.17, 15) is 4.79 Å². The Balaban J connectivity index is 2.99. The molecule has 0 fully saturated rings. The lowest BCUT2D eigenvalue weighted by Gasteiger charge is -2.14. The molecule has 0 saturated carbocycles. The van der Waals surface area contributed by atoms with Gasteiger partial charge in [-0.1, -0.05) is 13.3 Å². The predicted octanol–water partition coefficient (Wildman–Crippen LogP) is 1.93. The number of aliphatic carboxylic acids is 1. The first-order valence-electron chi connectivity index (χ1n) is 4.80. The van der Waals surface area contributed by atoms with Crippen molar-refractivity contribution in [2.45, 2.75) is 39.7 Å². The van der Waals surface area contributed by atoms with Crippen LogP contribution in [0.25, 0.3) is 0 Å². The van der Waals surface area contributed by atoms with Gasteiger partial charge < -0.3 is 9.67 Å². The van der Waals surface area contributed by atoms with E-state index < -0.39 is 12.0 Å². The van der Waals surface area contributed by atoms with Gasteiger partial charge in [-0.25, -0.2) is 9.78 Å². The van der Waals surface area contributed by atoms with Gasteiger partial charge in [-0.2, -0.15) is 0 Å². The lowest BCUT2D eigenvalue weighted by atomic mass is 10.1.